The highest BCUT2D eigenvalue weighted by atomic mass is 16.6. The average Bonchev–Trinajstić information content (AvgIpc) is 2.41. The number of esters is 1. The Balaban J connectivity index is 2.54. The topological polar surface area (TPSA) is 72.8 Å². The zero-order chi connectivity index (χ0) is 16.8. The van der Waals surface area contributed by atoms with Gasteiger partial charge in [0.25, 0.3) is 0 Å². The molecule has 0 aliphatic carbocycles. The van der Waals surface area contributed by atoms with E-state index in [9.17, 15) is 14.7 Å². The van der Waals surface area contributed by atoms with Crippen LogP contribution in [0.15, 0.2) is 24.3 Å². The normalized spacial score (nSPS) is 12.5. The summed E-state index contributed by atoms with van der Waals surface area (Å²) in [5.74, 6) is -2.14. The van der Waals surface area contributed by atoms with Crippen LogP contribution in [0.25, 0.3) is 0 Å². The molecule has 0 saturated carbocycles. The summed E-state index contributed by atoms with van der Waals surface area (Å²) >= 11 is 0. The third kappa shape index (κ3) is 6.16. The van der Waals surface area contributed by atoms with Gasteiger partial charge in [-0.05, 0) is 57.7 Å². The molecule has 0 fully saturated rings. The van der Waals surface area contributed by atoms with Crippen molar-refractivity contribution in [2.24, 2.45) is 5.92 Å². The summed E-state index contributed by atoms with van der Waals surface area (Å²) < 4.78 is 10.2. The number of aryl methyl sites for hydroxylation is 1. The minimum absolute atomic E-state index is 0.260. The van der Waals surface area contributed by atoms with Crippen LogP contribution in [0.2, 0.25) is 0 Å². The molecule has 0 spiro atoms. The quantitative estimate of drug-likeness (QED) is 0.619. The number of carboxylic acids is 1. The number of benzene rings is 1. The molecule has 0 aromatic heterocycles. The maximum absolute atomic E-state index is 11.9. The Hall–Kier alpha value is -2.04. The van der Waals surface area contributed by atoms with E-state index in [1.165, 1.54) is 0 Å². The lowest BCUT2D eigenvalue weighted by atomic mass is 9.99. The number of carbonyl (C=O) groups excluding carboxylic acids is 1. The minimum atomic E-state index is -1.14. The van der Waals surface area contributed by atoms with Crippen LogP contribution < -0.4 is 4.74 Å². The molecule has 0 unspecified atom stereocenters. The minimum Gasteiger partial charge on any atom is -0.497 e. The summed E-state index contributed by atoms with van der Waals surface area (Å²) in [6.07, 6.45) is 1.56. The van der Waals surface area contributed by atoms with Gasteiger partial charge in [0.2, 0.25) is 0 Å². The number of carbonyl (C=O) groups is 2. The van der Waals surface area contributed by atoms with Crippen LogP contribution in [0.3, 0.4) is 0 Å². The summed E-state index contributed by atoms with van der Waals surface area (Å²) in [7, 11) is 1.60. The molecule has 0 amide bonds. The average molecular weight is 308 g/mol. The Bertz CT molecular complexity index is 499. The number of ether oxygens (including phenoxy) is 2. The van der Waals surface area contributed by atoms with Gasteiger partial charge in [0.15, 0.2) is 5.92 Å². The van der Waals surface area contributed by atoms with Crippen LogP contribution in [0.1, 0.15) is 39.2 Å². The van der Waals surface area contributed by atoms with Gasteiger partial charge >= 0.3 is 11.9 Å². The maximum Gasteiger partial charge on any atom is 0.320 e. The van der Waals surface area contributed by atoms with E-state index >= 15 is 0 Å². The number of carboxylic acid groups (broad SMARTS) is 1. The molecule has 22 heavy (non-hydrogen) atoms. The van der Waals surface area contributed by atoms with Crippen molar-refractivity contribution < 1.29 is 24.2 Å². The smallest absolute Gasteiger partial charge is 0.320 e. The molecular formula is C17H24O5. The summed E-state index contributed by atoms with van der Waals surface area (Å²) in [6, 6.07) is 7.58. The zero-order valence-electron chi connectivity index (χ0n) is 13.6. The van der Waals surface area contributed by atoms with Crippen LogP contribution >= 0.6 is 0 Å². The molecule has 122 valence electrons. The first kappa shape index (κ1) is 18.0. The van der Waals surface area contributed by atoms with Crippen LogP contribution in [0, 0.1) is 5.92 Å². The first-order valence-electron chi connectivity index (χ1n) is 7.31. The number of methoxy groups -OCH3 is 1. The number of hydrogen-bond acceptors (Lipinski definition) is 4. The highest BCUT2D eigenvalue weighted by molar-refractivity contribution is 5.94. The Morgan fingerprint density at radius 3 is 2.23 bits per heavy atom. The fraction of sp³-hybridized carbons (Fsp3) is 0.529. The third-order valence-corrected chi connectivity index (χ3v) is 3.11. The second-order valence-electron chi connectivity index (χ2n) is 6.16. The van der Waals surface area contributed by atoms with E-state index in [4.69, 9.17) is 9.47 Å². The SMILES string of the molecule is COc1ccc(CCC[C@H](C(=O)O)C(=O)OC(C)(C)C)cc1. The first-order valence-corrected chi connectivity index (χ1v) is 7.31. The standard InChI is InChI=1S/C17H24O5/c1-17(2,3)22-16(20)14(15(18)19)7-5-6-12-8-10-13(21-4)11-9-12/h8-11,14H,5-7H2,1-4H3,(H,18,19)/t14-/m1/s1. The van der Waals surface area contributed by atoms with Crippen molar-refractivity contribution >= 4 is 11.9 Å². The lowest BCUT2D eigenvalue weighted by Gasteiger charge is -2.22. The van der Waals surface area contributed by atoms with Gasteiger partial charge in [-0.1, -0.05) is 12.1 Å². The summed E-state index contributed by atoms with van der Waals surface area (Å²) in [6.45, 7) is 5.17. The molecule has 1 aromatic carbocycles. The molecule has 5 nitrogen and oxygen atoms in total. The molecule has 1 atom stereocenters. The van der Waals surface area contributed by atoms with E-state index < -0.39 is 23.5 Å². The van der Waals surface area contributed by atoms with E-state index in [0.717, 1.165) is 11.3 Å². The van der Waals surface area contributed by atoms with Gasteiger partial charge in [-0.25, -0.2) is 0 Å². The molecule has 5 heteroatoms. The van der Waals surface area contributed by atoms with Crippen molar-refractivity contribution in [1.29, 1.82) is 0 Å². The largest absolute Gasteiger partial charge is 0.497 e. The second kappa shape index (κ2) is 7.82. The molecular weight excluding hydrogens is 284 g/mol. The Labute approximate surface area is 131 Å². The van der Waals surface area contributed by atoms with Crippen LogP contribution in [-0.4, -0.2) is 29.8 Å². The van der Waals surface area contributed by atoms with Gasteiger partial charge in [-0.2, -0.15) is 0 Å². The zero-order valence-corrected chi connectivity index (χ0v) is 13.6. The second-order valence-corrected chi connectivity index (χ2v) is 6.16. The fourth-order valence-electron chi connectivity index (χ4n) is 2.02. The highest BCUT2D eigenvalue weighted by Crippen LogP contribution is 2.18. The molecule has 0 bridgehead atoms. The molecule has 0 aliphatic rings. The summed E-state index contributed by atoms with van der Waals surface area (Å²) in [5, 5.41) is 9.19. The number of aliphatic carboxylic acids is 1. The van der Waals surface area contributed by atoms with Crippen molar-refractivity contribution in [2.45, 2.75) is 45.6 Å². The van der Waals surface area contributed by atoms with E-state index in [2.05, 4.69) is 0 Å². The van der Waals surface area contributed by atoms with Gasteiger partial charge in [-0.3, -0.25) is 9.59 Å². The van der Waals surface area contributed by atoms with Crippen molar-refractivity contribution in [2.75, 3.05) is 7.11 Å². The highest BCUT2D eigenvalue weighted by Gasteiger charge is 2.30. The first-order chi connectivity index (χ1) is 10.2. The van der Waals surface area contributed by atoms with Gasteiger partial charge in [0.05, 0.1) is 7.11 Å². The molecule has 0 heterocycles. The number of rotatable bonds is 7. The maximum atomic E-state index is 11.9. The van der Waals surface area contributed by atoms with Crippen molar-refractivity contribution in [1.82, 2.24) is 0 Å². The summed E-state index contributed by atoms with van der Waals surface area (Å²) in [5.41, 5.74) is 0.398. The van der Waals surface area contributed by atoms with Gasteiger partial charge in [0.1, 0.15) is 11.4 Å². The van der Waals surface area contributed by atoms with Gasteiger partial charge in [-0.15, -0.1) is 0 Å². The fourth-order valence-corrected chi connectivity index (χ4v) is 2.02. The third-order valence-electron chi connectivity index (χ3n) is 3.11. The monoisotopic (exact) mass is 308 g/mol. The predicted molar refractivity (Wildman–Crippen MR) is 82.9 cm³/mol. The van der Waals surface area contributed by atoms with Crippen LogP contribution in [-0.2, 0) is 20.7 Å². The van der Waals surface area contributed by atoms with Crippen molar-refractivity contribution in [3.63, 3.8) is 0 Å². The van der Waals surface area contributed by atoms with Gasteiger partial charge in [0, 0.05) is 0 Å². The molecule has 0 radical (unpaired) electrons. The van der Waals surface area contributed by atoms with Gasteiger partial charge < -0.3 is 14.6 Å². The van der Waals surface area contributed by atoms with E-state index in [-0.39, 0.29) is 6.42 Å². The van der Waals surface area contributed by atoms with E-state index in [1.807, 2.05) is 24.3 Å². The van der Waals surface area contributed by atoms with Crippen LogP contribution in [0.4, 0.5) is 0 Å². The van der Waals surface area contributed by atoms with Crippen molar-refractivity contribution in [3.05, 3.63) is 29.8 Å². The van der Waals surface area contributed by atoms with E-state index in [0.29, 0.717) is 12.8 Å². The molecule has 1 aromatic rings. The summed E-state index contributed by atoms with van der Waals surface area (Å²) in [4.78, 5) is 23.1. The number of hydrogen-bond donors (Lipinski definition) is 1. The lowest BCUT2D eigenvalue weighted by Crippen LogP contribution is -2.32. The Morgan fingerprint density at radius 1 is 1.18 bits per heavy atom. The molecule has 1 rings (SSSR count). The van der Waals surface area contributed by atoms with E-state index in [1.54, 1.807) is 27.9 Å². The predicted octanol–water partition coefficient (Wildman–Crippen LogP) is 3.06. The molecule has 0 aliphatic heterocycles. The van der Waals surface area contributed by atoms with Crippen molar-refractivity contribution in [3.8, 4) is 5.75 Å². The lowest BCUT2D eigenvalue weighted by molar-refractivity contribution is -0.167. The molecule has 1 N–H and O–H groups in total. The molecule has 0 saturated heterocycles. The Kier molecular flexibility index (Phi) is 6.40. The Morgan fingerprint density at radius 2 is 1.77 bits per heavy atom. The van der Waals surface area contributed by atoms with Crippen LogP contribution in [0.5, 0.6) is 5.75 Å².